The van der Waals surface area contributed by atoms with Gasteiger partial charge in [0.25, 0.3) is 11.5 Å². The second kappa shape index (κ2) is 17.5. The molecule has 3 heterocycles. The van der Waals surface area contributed by atoms with Gasteiger partial charge in [0.2, 0.25) is 5.91 Å². The summed E-state index contributed by atoms with van der Waals surface area (Å²) in [5.74, 6) is -1.70. The van der Waals surface area contributed by atoms with E-state index in [2.05, 4.69) is 19.8 Å². The van der Waals surface area contributed by atoms with Crippen molar-refractivity contribution in [1.29, 1.82) is 0 Å². The van der Waals surface area contributed by atoms with E-state index in [4.69, 9.17) is 14.5 Å². The van der Waals surface area contributed by atoms with Gasteiger partial charge < -0.3 is 19.7 Å². The highest BCUT2D eigenvalue weighted by Gasteiger charge is 2.35. The lowest BCUT2D eigenvalue weighted by atomic mass is 10.0. The average Bonchev–Trinajstić information content (AvgIpc) is 3.60. The number of nitrogens with one attached hydrogen (secondary N) is 1. The number of carbonyl (C=O) groups excluding carboxylic acids is 2. The summed E-state index contributed by atoms with van der Waals surface area (Å²) in [6, 6.07) is 15.1. The number of alkyl halides is 3. The maximum absolute atomic E-state index is 14.7. The molecule has 0 bridgehead atoms. The van der Waals surface area contributed by atoms with Gasteiger partial charge in [0.05, 0.1) is 60.1 Å². The number of aromatic nitrogens is 4. The minimum atomic E-state index is -4.91. The van der Waals surface area contributed by atoms with Gasteiger partial charge in [0, 0.05) is 32.7 Å². The summed E-state index contributed by atoms with van der Waals surface area (Å²) in [7, 11) is 0. The number of para-hydroxylation sites is 1. The molecule has 55 heavy (non-hydrogen) atoms. The number of hydrogen-bond acceptors (Lipinski definition) is 10. The van der Waals surface area contributed by atoms with Gasteiger partial charge in [0.1, 0.15) is 22.3 Å². The van der Waals surface area contributed by atoms with Crippen LogP contribution >= 0.6 is 11.5 Å². The highest BCUT2D eigenvalue weighted by Crippen LogP contribution is 2.32. The van der Waals surface area contributed by atoms with E-state index in [-0.39, 0.29) is 30.9 Å². The Balaban J connectivity index is 1.46. The Morgan fingerprint density at radius 2 is 1.82 bits per heavy atom. The van der Waals surface area contributed by atoms with Crippen molar-refractivity contribution >= 4 is 34.2 Å². The third-order valence-corrected chi connectivity index (χ3v) is 10.0. The largest absolute Gasteiger partial charge is 0.494 e. The SMILES string of the molecule is CCOc1ccc(-n2c([C@@H](CCNC(=O)c3snnc3C)N(CCN3CCOCC3)C(=O)Cc3ccc(C(F)(F)F)c(F)c3)nc3ccccc3c2=O)cc1. The molecule has 0 unspecified atom stereocenters. The molecule has 1 aliphatic heterocycles. The molecule has 0 saturated carbocycles. The lowest BCUT2D eigenvalue weighted by Crippen LogP contribution is -2.46. The molecule has 1 fully saturated rings. The van der Waals surface area contributed by atoms with Gasteiger partial charge in [0.15, 0.2) is 0 Å². The van der Waals surface area contributed by atoms with Crippen molar-refractivity contribution in [3.63, 3.8) is 0 Å². The molecule has 6 rings (SSSR count). The number of rotatable bonds is 14. The van der Waals surface area contributed by atoms with Crippen LogP contribution < -0.4 is 15.6 Å². The maximum atomic E-state index is 14.7. The van der Waals surface area contributed by atoms with Crippen LogP contribution in [-0.2, 0) is 22.1 Å². The molecule has 1 N–H and O–H groups in total. The van der Waals surface area contributed by atoms with Crippen molar-refractivity contribution in [1.82, 2.24) is 34.3 Å². The van der Waals surface area contributed by atoms with Gasteiger partial charge in [-0.1, -0.05) is 22.7 Å². The van der Waals surface area contributed by atoms with Crippen molar-refractivity contribution < 1.29 is 36.6 Å². The van der Waals surface area contributed by atoms with Crippen molar-refractivity contribution in [2.24, 2.45) is 0 Å². The molecule has 290 valence electrons. The Hall–Kier alpha value is -5.26. The quantitative estimate of drug-likeness (QED) is 0.148. The Morgan fingerprint density at radius 3 is 2.49 bits per heavy atom. The van der Waals surface area contributed by atoms with E-state index in [1.54, 1.807) is 55.5 Å². The van der Waals surface area contributed by atoms with Crippen molar-refractivity contribution in [3.8, 4) is 11.4 Å². The number of benzene rings is 3. The zero-order valence-corrected chi connectivity index (χ0v) is 31.0. The zero-order chi connectivity index (χ0) is 39.1. The minimum absolute atomic E-state index is 0.0169. The standard InChI is InChI=1S/C38H39F4N7O5S/c1-3-54-27-11-9-26(10-12-27)49-35(44-31-7-5-4-6-28(31)37(49)52)32(14-15-43-36(51)34-24(2)45-46-55-34)48(17-16-47-18-20-53-21-19-47)33(50)23-25-8-13-29(30(39)22-25)38(40,41)42/h4-13,22,32H,3,14-21,23H2,1-2H3,(H,43,51)/t32-/m1/s1. The summed E-state index contributed by atoms with van der Waals surface area (Å²) in [6.07, 6.45) is -5.30. The highest BCUT2D eigenvalue weighted by atomic mass is 32.1. The Morgan fingerprint density at radius 1 is 1.07 bits per heavy atom. The number of aryl methyl sites for hydroxylation is 1. The number of morpholine rings is 1. The Labute approximate surface area is 317 Å². The van der Waals surface area contributed by atoms with E-state index in [9.17, 15) is 31.9 Å². The molecule has 1 saturated heterocycles. The number of nitrogens with zero attached hydrogens (tertiary/aromatic N) is 6. The molecule has 2 amide bonds. The molecule has 0 radical (unpaired) electrons. The van der Waals surface area contributed by atoms with Crippen LogP contribution in [0.4, 0.5) is 17.6 Å². The van der Waals surface area contributed by atoms with Gasteiger partial charge in [-0.3, -0.25) is 23.9 Å². The van der Waals surface area contributed by atoms with Crippen LogP contribution in [0.25, 0.3) is 16.6 Å². The zero-order valence-electron chi connectivity index (χ0n) is 30.1. The number of halogens is 4. The predicted octanol–water partition coefficient (Wildman–Crippen LogP) is 5.37. The summed E-state index contributed by atoms with van der Waals surface area (Å²) >= 11 is 0.938. The van der Waals surface area contributed by atoms with Crippen LogP contribution in [0.1, 0.15) is 51.7 Å². The fourth-order valence-corrected chi connectivity index (χ4v) is 7.02. The molecule has 1 atom stereocenters. The van der Waals surface area contributed by atoms with Gasteiger partial charge in [-0.2, -0.15) is 13.2 Å². The normalized spacial score (nSPS) is 14.1. The molecule has 3 aromatic carbocycles. The molecule has 5 aromatic rings. The molecule has 2 aromatic heterocycles. The third-order valence-electron chi connectivity index (χ3n) is 9.22. The number of fused-ring (bicyclic) bond motifs is 1. The molecular formula is C38H39F4N7O5S. The predicted molar refractivity (Wildman–Crippen MR) is 197 cm³/mol. The highest BCUT2D eigenvalue weighted by molar-refractivity contribution is 7.08. The number of ether oxygens (including phenoxy) is 2. The first-order valence-electron chi connectivity index (χ1n) is 17.7. The summed E-state index contributed by atoms with van der Waals surface area (Å²) in [5, 5.41) is 7.11. The second-order valence-corrected chi connectivity index (χ2v) is 13.6. The van der Waals surface area contributed by atoms with E-state index >= 15 is 0 Å². The molecule has 17 heteroatoms. The molecule has 12 nitrogen and oxygen atoms in total. The summed E-state index contributed by atoms with van der Waals surface area (Å²) in [4.78, 5) is 51.1. The van der Waals surface area contributed by atoms with Crippen LogP contribution in [-0.4, -0.2) is 93.3 Å². The Kier molecular flexibility index (Phi) is 12.5. The van der Waals surface area contributed by atoms with Gasteiger partial charge in [-0.25, -0.2) is 9.37 Å². The summed E-state index contributed by atoms with van der Waals surface area (Å²) in [6.45, 7) is 6.61. The Bertz CT molecular complexity index is 2190. The lowest BCUT2D eigenvalue weighted by Gasteiger charge is -2.35. The van der Waals surface area contributed by atoms with Crippen molar-refractivity contribution in [3.05, 3.63) is 110 Å². The number of amides is 2. The fourth-order valence-electron chi connectivity index (χ4n) is 6.45. The van der Waals surface area contributed by atoms with E-state index in [0.717, 1.165) is 17.6 Å². The minimum Gasteiger partial charge on any atom is -0.494 e. The van der Waals surface area contributed by atoms with Gasteiger partial charge in [-0.05, 0) is 85.9 Å². The lowest BCUT2D eigenvalue weighted by molar-refractivity contribution is -0.140. The van der Waals surface area contributed by atoms with E-state index in [1.165, 1.54) is 9.47 Å². The van der Waals surface area contributed by atoms with E-state index < -0.39 is 47.4 Å². The molecular weight excluding hydrogens is 743 g/mol. The first-order chi connectivity index (χ1) is 26.4. The van der Waals surface area contributed by atoms with Crippen molar-refractivity contribution in [2.75, 3.05) is 52.5 Å². The first-order valence-corrected chi connectivity index (χ1v) is 18.5. The topological polar surface area (TPSA) is 132 Å². The summed E-state index contributed by atoms with van der Waals surface area (Å²) < 4.78 is 71.4. The van der Waals surface area contributed by atoms with Crippen LogP contribution in [0, 0.1) is 12.7 Å². The molecule has 0 spiro atoms. The van der Waals surface area contributed by atoms with Crippen LogP contribution in [0.2, 0.25) is 0 Å². The molecule has 0 aliphatic carbocycles. The van der Waals surface area contributed by atoms with Crippen molar-refractivity contribution in [2.45, 2.75) is 38.9 Å². The third kappa shape index (κ3) is 9.35. The van der Waals surface area contributed by atoms with E-state index in [1.807, 2.05) is 6.92 Å². The van der Waals surface area contributed by atoms with E-state index in [0.29, 0.717) is 84.5 Å². The summed E-state index contributed by atoms with van der Waals surface area (Å²) in [5.41, 5.74) is -0.556. The van der Waals surface area contributed by atoms with Gasteiger partial charge in [-0.15, -0.1) is 5.10 Å². The smallest absolute Gasteiger partial charge is 0.419 e. The van der Waals surface area contributed by atoms with Crippen LogP contribution in [0.15, 0.2) is 71.5 Å². The monoisotopic (exact) mass is 781 g/mol. The molecule has 1 aliphatic rings. The number of carbonyl (C=O) groups is 2. The van der Waals surface area contributed by atoms with Crippen LogP contribution in [0.5, 0.6) is 5.75 Å². The van der Waals surface area contributed by atoms with Gasteiger partial charge >= 0.3 is 6.18 Å². The average molecular weight is 782 g/mol. The number of hydrogen-bond donors (Lipinski definition) is 1. The maximum Gasteiger partial charge on any atom is 0.419 e. The second-order valence-electron chi connectivity index (χ2n) is 12.8. The fraction of sp³-hybridized carbons (Fsp3) is 0.368. The first kappa shape index (κ1) is 39.4. The van der Waals surface area contributed by atoms with Crippen LogP contribution in [0.3, 0.4) is 0 Å².